The van der Waals surface area contributed by atoms with Gasteiger partial charge in [0, 0.05) is 12.2 Å². The fourth-order valence-corrected chi connectivity index (χ4v) is 2.60. The summed E-state index contributed by atoms with van der Waals surface area (Å²) in [6.07, 6.45) is 2.24. The summed E-state index contributed by atoms with van der Waals surface area (Å²) in [6, 6.07) is 4.89. The number of rotatable bonds is 5. The van der Waals surface area contributed by atoms with Crippen LogP contribution >= 0.6 is 0 Å². The minimum absolute atomic E-state index is 0.311. The van der Waals surface area contributed by atoms with E-state index in [0.717, 1.165) is 25.0 Å². The summed E-state index contributed by atoms with van der Waals surface area (Å²) in [4.78, 5) is 0. The van der Waals surface area contributed by atoms with Crippen molar-refractivity contribution >= 4 is 0 Å². The van der Waals surface area contributed by atoms with E-state index in [2.05, 4.69) is 0 Å². The molecule has 0 heterocycles. The Morgan fingerprint density at radius 1 is 1.44 bits per heavy atom. The number of benzene rings is 1. The van der Waals surface area contributed by atoms with Gasteiger partial charge in [-0.3, -0.25) is 0 Å². The molecule has 1 aliphatic carbocycles. The van der Waals surface area contributed by atoms with Crippen molar-refractivity contribution in [1.82, 2.24) is 0 Å². The fourth-order valence-electron chi connectivity index (χ4n) is 2.60. The zero-order valence-electron chi connectivity index (χ0n) is 11.0. The molecule has 1 aromatic rings. The SMILES string of the molecule is CCOC1CC(CC(O)c2cc(C)ccc2F)C1. The number of aliphatic hydroxyl groups excluding tert-OH is 1. The third-order valence-corrected chi connectivity index (χ3v) is 3.66. The topological polar surface area (TPSA) is 29.5 Å². The number of halogens is 1. The molecule has 0 radical (unpaired) electrons. The number of aryl methyl sites for hydroxylation is 1. The van der Waals surface area contributed by atoms with Crippen LogP contribution in [0.1, 0.15) is 43.4 Å². The molecular formula is C15H21FO2. The second-order valence-electron chi connectivity index (χ2n) is 5.19. The molecule has 0 saturated heterocycles. The molecule has 1 aromatic carbocycles. The third kappa shape index (κ3) is 3.09. The Bertz CT molecular complexity index is 399. The molecule has 1 N–H and O–H groups in total. The molecular weight excluding hydrogens is 231 g/mol. The van der Waals surface area contributed by atoms with Gasteiger partial charge in [-0.15, -0.1) is 0 Å². The van der Waals surface area contributed by atoms with Gasteiger partial charge in [-0.2, -0.15) is 0 Å². The molecule has 1 atom stereocenters. The Balaban J connectivity index is 1.89. The first kappa shape index (κ1) is 13.5. The lowest BCUT2D eigenvalue weighted by atomic mass is 9.77. The van der Waals surface area contributed by atoms with Crippen LogP contribution < -0.4 is 0 Å². The van der Waals surface area contributed by atoms with Crippen LogP contribution in [-0.2, 0) is 4.74 Å². The Kier molecular flexibility index (Phi) is 4.36. The van der Waals surface area contributed by atoms with Crippen LogP contribution in [0.25, 0.3) is 0 Å². The van der Waals surface area contributed by atoms with Crippen LogP contribution in [-0.4, -0.2) is 17.8 Å². The third-order valence-electron chi connectivity index (χ3n) is 3.66. The zero-order valence-corrected chi connectivity index (χ0v) is 11.0. The number of ether oxygens (including phenoxy) is 1. The molecule has 1 aliphatic rings. The molecule has 2 rings (SSSR count). The Labute approximate surface area is 108 Å². The molecule has 3 heteroatoms. The second-order valence-corrected chi connectivity index (χ2v) is 5.19. The average molecular weight is 252 g/mol. The van der Waals surface area contributed by atoms with Crippen molar-refractivity contribution in [2.75, 3.05) is 6.61 Å². The first-order chi connectivity index (χ1) is 8.60. The van der Waals surface area contributed by atoms with Crippen LogP contribution in [0.4, 0.5) is 4.39 Å². The predicted octanol–water partition coefficient (Wildman–Crippen LogP) is 3.37. The van der Waals surface area contributed by atoms with Crippen molar-refractivity contribution < 1.29 is 14.2 Å². The first-order valence-electron chi connectivity index (χ1n) is 6.65. The minimum atomic E-state index is -0.697. The standard InChI is InChI=1S/C15H21FO2/c1-3-18-12-7-11(8-12)9-15(17)13-6-10(2)4-5-14(13)16/h4-6,11-12,15,17H,3,7-9H2,1-2H3. The summed E-state index contributed by atoms with van der Waals surface area (Å²) in [5.74, 6) is 0.144. The van der Waals surface area contributed by atoms with E-state index in [9.17, 15) is 9.50 Å². The quantitative estimate of drug-likeness (QED) is 0.870. The maximum absolute atomic E-state index is 13.6. The van der Waals surface area contributed by atoms with Gasteiger partial charge in [0.05, 0.1) is 12.2 Å². The first-order valence-corrected chi connectivity index (χ1v) is 6.65. The van der Waals surface area contributed by atoms with Gasteiger partial charge < -0.3 is 9.84 Å². The summed E-state index contributed by atoms with van der Waals surface area (Å²) in [5, 5.41) is 10.1. The van der Waals surface area contributed by atoms with E-state index in [0.29, 0.717) is 24.0 Å². The molecule has 0 aliphatic heterocycles. The van der Waals surface area contributed by atoms with Gasteiger partial charge in [0.1, 0.15) is 5.82 Å². The summed E-state index contributed by atoms with van der Waals surface area (Å²) < 4.78 is 19.1. The second kappa shape index (κ2) is 5.81. The largest absolute Gasteiger partial charge is 0.388 e. The summed E-state index contributed by atoms with van der Waals surface area (Å²) in [7, 11) is 0. The Morgan fingerprint density at radius 2 is 2.17 bits per heavy atom. The van der Waals surface area contributed by atoms with E-state index >= 15 is 0 Å². The van der Waals surface area contributed by atoms with Crippen molar-refractivity contribution in [3.8, 4) is 0 Å². The van der Waals surface area contributed by atoms with Gasteiger partial charge >= 0.3 is 0 Å². The van der Waals surface area contributed by atoms with E-state index in [4.69, 9.17) is 4.74 Å². The maximum atomic E-state index is 13.6. The van der Waals surface area contributed by atoms with Crippen LogP contribution in [0.3, 0.4) is 0 Å². The van der Waals surface area contributed by atoms with Gasteiger partial charge in [-0.05, 0) is 45.1 Å². The Hall–Kier alpha value is -0.930. The van der Waals surface area contributed by atoms with Gasteiger partial charge in [-0.1, -0.05) is 17.7 Å². The van der Waals surface area contributed by atoms with Gasteiger partial charge in [-0.25, -0.2) is 4.39 Å². The summed E-state index contributed by atoms with van der Waals surface area (Å²) in [5.41, 5.74) is 1.40. The number of aliphatic hydroxyl groups is 1. The highest BCUT2D eigenvalue weighted by Crippen LogP contribution is 2.37. The molecule has 1 fully saturated rings. The molecule has 0 spiro atoms. The van der Waals surface area contributed by atoms with Crippen molar-refractivity contribution in [1.29, 1.82) is 0 Å². The normalized spacial score (nSPS) is 24.7. The molecule has 0 amide bonds. The van der Waals surface area contributed by atoms with E-state index < -0.39 is 6.10 Å². The van der Waals surface area contributed by atoms with Gasteiger partial charge in [0.15, 0.2) is 0 Å². The van der Waals surface area contributed by atoms with Crippen molar-refractivity contribution in [3.05, 3.63) is 35.1 Å². The molecule has 0 bridgehead atoms. The van der Waals surface area contributed by atoms with E-state index in [1.165, 1.54) is 6.07 Å². The van der Waals surface area contributed by atoms with Crippen LogP contribution in [0.15, 0.2) is 18.2 Å². The molecule has 100 valence electrons. The van der Waals surface area contributed by atoms with Crippen molar-refractivity contribution in [2.24, 2.45) is 5.92 Å². The smallest absolute Gasteiger partial charge is 0.129 e. The lowest BCUT2D eigenvalue weighted by Crippen LogP contribution is -2.32. The lowest BCUT2D eigenvalue weighted by molar-refractivity contribution is -0.0382. The van der Waals surface area contributed by atoms with E-state index in [1.54, 1.807) is 12.1 Å². The zero-order chi connectivity index (χ0) is 13.1. The fraction of sp³-hybridized carbons (Fsp3) is 0.600. The Morgan fingerprint density at radius 3 is 2.83 bits per heavy atom. The highest BCUT2D eigenvalue weighted by atomic mass is 19.1. The van der Waals surface area contributed by atoms with Crippen LogP contribution in [0, 0.1) is 18.7 Å². The van der Waals surface area contributed by atoms with Crippen molar-refractivity contribution in [2.45, 2.75) is 45.3 Å². The lowest BCUT2D eigenvalue weighted by Gasteiger charge is -2.36. The summed E-state index contributed by atoms with van der Waals surface area (Å²) in [6.45, 7) is 4.64. The highest BCUT2D eigenvalue weighted by molar-refractivity contribution is 5.26. The van der Waals surface area contributed by atoms with E-state index in [1.807, 2.05) is 13.8 Å². The maximum Gasteiger partial charge on any atom is 0.129 e. The monoisotopic (exact) mass is 252 g/mol. The molecule has 1 saturated carbocycles. The highest BCUT2D eigenvalue weighted by Gasteiger charge is 2.31. The number of hydrogen-bond donors (Lipinski definition) is 1. The number of hydrogen-bond acceptors (Lipinski definition) is 2. The van der Waals surface area contributed by atoms with E-state index in [-0.39, 0.29) is 5.82 Å². The molecule has 2 nitrogen and oxygen atoms in total. The molecule has 18 heavy (non-hydrogen) atoms. The average Bonchev–Trinajstić information content (AvgIpc) is 2.29. The van der Waals surface area contributed by atoms with Gasteiger partial charge in [0.25, 0.3) is 0 Å². The van der Waals surface area contributed by atoms with Gasteiger partial charge in [0.2, 0.25) is 0 Å². The van der Waals surface area contributed by atoms with Crippen molar-refractivity contribution in [3.63, 3.8) is 0 Å². The predicted molar refractivity (Wildman–Crippen MR) is 68.9 cm³/mol. The minimum Gasteiger partial charge on any atom is -0.388 e. The van der Waals surface area contributed by atoms with Crippen LogP contribution in [0.5, 0.6) is 0 Å². The van der Waals surface area contributed by atoms with Crippen LogP contribution in [0.2, 0.25) is 0 Å². The molecule has 1 unspecified atom stereocenters. The molecule has 0 aromatic heterocycles. The summed E-state index contributed by atoms with van der Waals surface area (Å²) >= 11 is 0.